The topological polar surface area (TPSA) is 149 Å². The lowest BCUT2D eigenvalue weighted by atomic mass is 10.1. The first-order valence-corrected chi connectivity index (χ1v) is 26.7. The van der Waals surface area contributed by atoms with Crippen LogP contribution in [0.2, 0.25) is 0 Å². The predicted octanol–water partition coefficient (Wildman–Crippen LogP) is 14.3. The van der Waals surface area contributed by atoms with E-state index in [9.17, 15) is 24.2 Å². The average Bonchev–Trinajstić information content (AvgIpc) is 3.30. The molecule has 0 aliphatic heterocycles. The summed E-state index contributed by atoms with van der Waals surface area (Å²) in [5, 5.41) is 18.4. The Morgan fingerprint density at radius 2 is 0.800 bits per heavy atom. The number of ether oxygens (including phenoxy) is 2. The number of phosphoric ester groups is 1. The highest BCUT2D eigenvalue weighted by Gasteiger charge is 2.27. The lowest BCUT2D eigenvalue weighted by molar-refractivity contribution is -0.161. The fourth-order valence-electron chi connectivity index (χ4n) is 6.33. The van der Waals surface area contributed by atoms with Crippen molar-refractivity contribution in [3.8, 4) is 0 Å². The van der Waals surface area contributed by atoms with Crippen LogP contribution in [0, 0.1) is 0 Å². The van der Waals surface area contributed by atoms with Gasteiger partial charge in [0.1, 0.15) is 12.7 Å². The van der Waals surface area contributed by atoms with Crippen molar-refractivity contribution in [2.45, 2.75) is 206 Å². The molecular weight excluding hydrogens is 840 g/mol. The van der Waals surface area contributed by atoms with Crippen molar-refractivity contribution in [3.05, 3.63) is 97.2 Å². The van der Waals surface area contributed by atoms with Crippen molar-refractivity contribution in [1.82, 2.24) is 0 Å². The van der Waals surface area contributed by atoms with Crippen LogP contribution in [0.3, 0.4) is 0 Å². The molecule has 3 atom stereocenters. The van der Waals surface area contributed by atoms with Crippen LogP contribution in [0.25, 0.3) is 0 Å². The predicted molar refractivity (Wildman–Crippen MR) is 269 cm³/mol. The molecular formula is C54H91O10P. The van der Waals surface area contributed by atoms with Crippen LogP contribution in [0.4, 0.5) is 0 Å². The molecule has 10 nitrogen and oxygen atoms in total. The number of unbranched alkanes of at least 4 members (excludes halogenated alkanes) is 16. The van der Waals surface area contributed by atoms with Crippen molar-refractivity contribution < 1.29 is 47.8 Å². The van der Waals surface area contributed by atoms with Crippen LogP contribution in [-0.2, 0) is 32.7 Å². The zero-order valence-corrected chi connectivity index (χ0v) is 41.6. The van der Waals surface area contributed by atoms with Crippen LogP contribution >= 0.6 is 7.82 Å². The van der Waals surface area contributed by atoms with Gasteiger partial charge < -0.3 is 24.6 Å². The van der Waals surface area contributed by atoms with E-state index in [0.717, 1.165) is 38.5 Å². The van der Waals surface area contributed by atoms with E-state index in [1.807, 2.05) is 18.2 Å². The molecule has 0 amide bonds. The summed E-state index contributed by atoms with van der Waals surface area (Å²) in [5.41, 5.74) is 0. The van der Waals surface area contributed by atoms with Gasteiger partial charge in [-0.3, -0.25) is 18.6 Å². The van der Waals surface area contributed by atoms with Crippen LogP contribution in [0.15, 0.2) is 97.2 Å². The van der Waals surface area contributed by atoms with Gasteiger partial charge in [0, 0.05) is 12.8 Å². The maximum atomic E-state index is 12.6. The first kappa shape index (κ1) is 61.9. The molecule has 0 aromatic rings. The van der Waals surface area contributed by atoms with Crippen molar-refractivity contribution >= 4 is 19.8 Å². The summed E-state index contributed by atoms with van der Waals surface area (Å²) in [5.74, 6) is -1.06. The fourth-order valence-corrected chi connectivity index (χ4v) is 7.12. The smallest absolute Gasteiger partial charge is 0.462 e. The highest BCUT2D eigenvalue weighted by molar-refractivity contribution is 7.47. The van der Waals surface area contributed by atoms with Gasteiger partial charge in [-0.05, 0) is 89.9 Å². The van der Waals surface area contributed by atoms with Crippen molar-refractivity contribution in [3.63, 3.8) is 0 Å². The number of phosphoric acid groups is 1. The normalized spacial score (nSPS) is 14.5. The molecule has 0 aliphatic carbocycles. The molecule has 0 rings (SSSR count). The molecule has 0 saturated carbocycles. The van der Waals surface area contributed by atoms with E-state index >= 15 is 0 Å². The summed E-state index contributed by atoms with van der Waals surface area (Å²) in [6.07, 6.45) is 61.1. The van der Waals surface area contributed by atoms with Gasteiger partial charge in [0.25, 0.3) is 0 Å². The molecule has 0 heterocycles. The molecule has 65 heavy (non-hydrogen) atoms. The third-order valence-corrected chi connectivity index (χ3v) is 11.2. The Bertz CT molecular complexity index is 1400. The van der Waals surface area contributed by atoms with Gasteiger partial charge in [-0.2, -0.15) is 0 Å². The van der Waals surface area contributed by atoms with E-state index in [4.69, 9.17) is 19.1 Å². The number of hydrogen-bond acceptors (Lipinski definition) is 9. The first-order valence-electron chi connectivity index (χ1n) is 25.2. The van der Waals surface area contributed by atoms with Crippen LogP contribution in [0.5, 0.6) is 0 Å². The zero-order chi connectivity index (χ0) is 47.6. The lowest BCUT2D eigenvalue weighted by Crippen LogP contribution is -2.29. The molecule has 0 radical (unpaired) electrons. The fraction of sp³-hybridized carbons (Fsp3) is 0.667. The molecule has 0 spiro atoms. The lowest BCUT2D eigenvalue weighted by Gasteiger charge is -2.20. The quantitative estimate of drug-likeness (QED) is 0.0233. The largest absolute Gasteiger partial charge is 0.472 e. The van der Waals surface area contributed by atoms with E-state index in [1.54, 1.807) is 0 Å². The number of hydrogen-bond donors (Lipinski definition) is 3. The van der Waals surface area contributed by atoms with Gasteiger partial charge in [0.15, 0.2) is 6.10 Å². The Kier molecular flexibility index (Phi) is 46.5. The summed E-state index contributed by atoms with van der Waals surface area (Å²) < 4.78 is 32.7. The monoisotopic (exact) mass is 931 g/mol. The maximum Gasteiger partial charge on any atom is 0.472 e. The Morgan fingerprint density at radius 3 is 1.20 bits per heavy atom. The molecule has 0 aromatic heterocycles. The molecule has 11 heteroatoms. The van der Waals surface area contributed by atoms with Crippen LogP contribution < -0.4 is 0 Å². The zero-order valence-electron chi connectivity index (χ0n) is 40.7. The number of aliphatic hydroxyl groups is 2. The molecule has 0 aromatic carbocycles. The van der Waals surface area contributed by atoms with Gasteiger partial charge in [-0.15, -0.1) is 0 Å². The second-order valence-electron chi connectivity index (χ2n) is 16.5. The van der Waals surface area contributed by atoms with Crippen molar-refractivity contribution in [1.29, 1.82) is 0 Å². The first-order chi connectivity index (χ1) is 31.7. The standard InChI is InChI=1S/C54H91O10P/c1-3-5-7-9-11-13-15-17-19-21-23-25-27-29-31-33-35-37-39-41-43-45-53(57)61-49-52(50-63-65(59,60)62-48-51(56)47-55)64-54(58)46-44-42-40-38-36-34-32-30-28-26-24-22-20-18-16-14-12-10-8-6-4-2/h19-22,25-28,31-34,37-40,51-52,55-56H,3-18,23-24,29-30,35-36,41-50H2,1-2H3,(H,59,60)/b21-19+,22-20+,27-25+,28-26+,33-31+,34-32+,39-37+,40-38+/t51-,52+/m0/s1. The number of aliphatic hydroxyl groups excluding tert-OH is 2. The Balaban J connectivity index is 4.42. The van der Waals surface area contributed by atoms with E-state index in [0.29, 0.717) is 25.7 Å². The highest BCUT2D eigenvalue weighted by atomic mass is 31.2. The third-order valence-electron chi connectivity index (χ3n) is 10.2. The van der Waals surface area contributed by atoms with Crippen LogP contribution in [0.1, 0.15) is 194 Å². The minimum atomic E-state index is -4.66. The third kappa shape index (κ3) is 48.6. The number of carbonyl (C=O) groups is 2. The molecule has 0 fully saturated rings. The van der Waals surface area contributed by atoms with Gasteiger partial charge >= 0.3 is 19.8 Å². The minimum Gasteiger partial charge on any atom is -0.462 e. The SMILES string of the molecule is CCCCCCCCC/C=C/C/C=C/C/C=C/C/C=C/CCCC(=O)OC[C@H](COP(=O)(O)OC[C@@H](O)CO)OC(=O)CCC/C=C/C/C=C/C/C=C/C/C=C/CCCCCCCCC. The average molecular weight is 931 g/mol. The van der Waals surface area contributed by atoms with Crippen LogP contribution in [-0.4, -0.2) is 65.7 Å². The molecule has 3 N–H and O–H groups in total. The van der Waals surface area contributed by atoms with E-state index in [-0.39, 0.29) is 19.4 Å². The Morgan fingerprint density at radius 1 is 0.462 bits per heavy atom. The van der Waals surface area contributed by atoms with Gasteiger partial charge in [0.05, 0.1) is 19.8 Å². The number of allylic oxidation sites excluding steroid dienone is 16. The second kappa shape index (κ2) is 48.8. The summed E-state index contributed by atoms with van der Waals surface area (Å²) in [6, 6.07) is 0. The summed E-state index contributed by atoms with van der Waals surface area (Å²) >= 11 is 0. The Labute approximate surface area is 395 Å². The summed E-state index contributed by atoms with van der Waals surface area (Å²) in [4.78, 5) is 35.1. The molecule has 1 unspecified atom stereocenters. The van der Waals surface area contributed by atoms with E-state index in [1.165, 1.54) is 103 Å². The number of carbonyl (C=O) groups excluding carboxylic acids is 2. The van der Waals surface area contributed by atoms with Crippen molar-refractivity contribution in [2.24, 2.45) is 0 Å². The van der Waals surface area contributed by atoms with E-state index in [2.05, 4.69) is 97.4 Å². The summed E-state index contributed by atoms with van der Waals surface area (Å²) in [6.45, 7) is 2.25. The Hall–Kier alpha value is -3.11. The highest BCUT2D eigenvalue weighted by Crippen LogP contribution is 2.43. The second-order valence-corrected chi connectivity index (χ2v) is 17.9. The molecule has 0 bridgehead atoms. The summed E-state index contributed by atoms with van der Waals surface area (Å²) in [7, 11) is -4.66. The minimum absolute atomic E-state index is 0.0914. The van der Waals surface area contributed by atoms with Gasteiger partial charge in [-0.25, -0.2) is 4.57 Å². The van der Waals surface area contributed by atoms with Gasteiger partial charge in [0.2, 0.25) is 0 Å². The number of rotatable bonds is 46. The van der Waals surface area contributed by atoms with Gasteiger partial charge in [-0.1, -0.05) is 188 Å². The van der Waals surface area contributed by atoms with Crippen molar-refractivity contribution in [2.75, 3.05) is 26.4 Å². The maximum absolute atomic E-state index is 12.6. The molecule has 0 saturated heterocycles. The number of esters is 2. The molecule has 372 valence electrons. The molecule has 0 aliphatic rings. The van der Waals surface area contributed by atoms with E-state index < -0.39 is 51.8 Å².